The van der Waals surface area contributed by atoms with Crippen LogP contribution in [0.4, 0.5) is 0 Å². The summed E-state index contributed by atoms with van der Waals surface area (Å²) in [5, 5.41) is 14.5. The SMILES string of the molecule is O=C(O)c1ccc(OCC23CCC(OCc4c(-c5c(Cl)cccc5Cl)noc4C4CC4)(CC2)CC3)nc1. The molecule has 0 aliphatic heterocycles. The van der Waals surface area contributed by atoms with Gasteiger partial charge in [-0.15, -0.1) is 0 Å². The number of pyridine rings is 1. The standard InChI is InChI=1S/C28H28Cl2N2O5/c29-20-2-1-3-21(30)23(20)24-19(25(37-32-24)17-4-5-17)15-36-28-11-8-27(9-12-28,10-13-28)16-35-22-7-6-18(14-31-22)26(33)34/h1-3,6-7,14,17H,4-5,8-13,15-16H2,(H,33,34). The van der Waals surface area contributed by atoms with Crippen LogP contribution >= 0.6 is 23.2 Å². The van der Waals surface area contributed by atoms with Gasteiger partial charge in [0.05, 0.1) is 34.4 Å². The number of aromatic nitrogens is 2. The largest absolute Gasteiger partial charge is 0.478 e. The first-order chi connectivity index (χ1) is 17.9. The lowest BCUT2D eigenvalue weighted by molar-refractivity contribution is -0.150. The van der Waals surface area contributed by atoms with Gasteiger partial charge < -0.3 is 19.1 Å². The zero-order chi connectivity index (χ0) is 25.6. The van der Waals surface area contributed by atoms with E-state index in [1.165, 1.54) is 12.3 Å². The van der Waals surface area contributed by atoms with E-state index in [0.717, 1.165) is 62.7 Å². The third-order valence-electron chi connectivity index (χ3n) is 8.33. The van der Waals surface area contributed by atoms with Gasteiger partial charge in [0, 0.05) is 34.7 Å². The normalized spacial score (nSPS) is 24.8. The smallest absolute Gasteiger partial charge is 0.337 e. The fourth-order valence-electron chi connectivity index (χ4n) is 5.75. The predicted molar refractivity (Wildman–Crippen MR) is 138 cm³/mol. The van der Waals surface area contributed by atoms with Gasteiger partial charge in [-0.3, -0.25) is 0 Å². The third kappa shape index (κ3) is 4.85. The monoisotopic (exact) mass is 542 g/mol. The molecule has 4 fully saturated rings. The molecule has 2 heterocycles. The minimum atomic E-state index is -0.994. The van der Waals surface area contributed by atoms with Crippen molar-refractivity contribution in [3.63, 3.8) is 0 Å². The first-order valence-electron chi connectivity index (χ1n) is 12.8. The van der Waals surface area contributed by atoms with Crippen molar-refractivity contribution in [2.75, 3.05) is 6.61 Å². The van der Waals surface area contributed by atoms with Crippen LogP contribution in [0.2, 0.25) is 10.0 Å². The molecule has 0 spiro atoms. The molecule has 0 atom stereocenters. The second kappa shape index (κ2) is 9.61. The van der Waals surface area contributed by atoms with E-state index in [9.17, 15) is 4.79 Å². The van der Waals surface area contributed by atoms with Gasteiger partial charge in [0.25, 0.3) is 0 Å². The van der Waals surface area contributed by atoms with Gasteiger partial charge >= 0.3 is 5.97 Å². The number of ether oxygens (including phenoxy) is 2. The summed E-state index contributed by atoms with van der Waals surface area (Å²) < 4.78 is 18.5. The number of nitrogens with zero attached hydrogens (tertiary/aromatic N) is 2. The number of hydrogen-bond acceptors (Lipinski definition) is 6. The summed E-state index contributed by atoms with van der Waals surface area (Å²) in [5.74, 6) is 0.757. The molecule has 1 N–H and O–H groups in total. The quantitative estimate of drug-likeness (QED) is 0.302. The summed E-state index contributed by atoms with van der Waals surface area (Å²) in [4.78, 5) is 15.2. The van der Waals surface area contributed by atoms with Gasteiger partial charge in [-0.1, -0.05) is 34.4 Å². The number of rotatable bonds is 9. The Bertz CT molecular complexity index is 1270. The van der Waals surface area contributed by atoms with Crippen molar-refractivity contribution in [2.24, 2.45) is 5.41 Å². The lowest BCUT2D eigenvalue weighted by atomic mass is 9.59. The molecule has 3 aromatic rings. The lowest BCUT2D eigenvalue weighted by Gasteiger charge is -2.52. The molecule has 9 heteroatoms. The van der Waals surface area contributed by atoms with Crippen LogP contribution in [-0.2, 0) is 11.3 Å². The zero-order valence-electron chi connectivity index (χ0n) is 20.3. The van der Waals surface area contributed by atoms with Crippen LogP contribution < -0.4 is 4.74 Å². The number of fused-ring (bicyclic) bond motifs is 3. The van der Waals surface area contributed by atoms with Gasteiger partial charge in [-0.2, -0.15) is 0 Å². The summed E-state index contributed by atoms with van der Waals surface area (Å²) in [7, 11) is 0. The second-order valence-electron chi connectivity index (χ2n) is 10.7. The van der Waals surface area contributed by atoms with Crippen molar-refractivity contribution >= 4 is 29.2 Å². The van der Waals surface area contributed by atoms with E-state index in [4.69, 9.17) is 42.3 Å². The maximum absolute atomic E-state index is 11.0. The molecule has 0 saturated heterocycles. The van der Waals surface area contributed by atoms with Crippen molar-refractivity contribution in [1.82, 2.24) is 10.1 Å². The molecule has 2 bridgehead atoms. The Morgan fingerprint density at radius 3 is 2.35 bits per heavy atom. The van der Waals surface area contributed by atoms with Crippen LogP contribution in [0.3, 0.4) is 0 Å². The van der Waals surface area contributed by atoms with E-state index >= 15 is 0 Å². The molecule has 37 heavy (non-hydrogen) atoms. The Labute approximate surface area is 225 Å². The number of hydrogen-bond donors (Lipinski definition) is 1. The number of aromatic carboxylic acids is 1. The Morgan fingerprint density at radius 1 is 1.05 bits per heavy atom. The number of carbonyl (C=O) groups is 1. The third-order valence-corrected chi connectivity index (χ3v) is 8.96. The lowest BCUT2D eigenvalue weighted by Crippen LogP contribution is -2.49. The van der Waals surface area contributed by atoms with Gasteiger partial charge in [-0.25, -0.2) is 9.78 Å². The molecule has 7 rings (SSSR count). The number of carboxylic acid groups (broad SMARTS) is 1. The average molecular weight is 543 g/mol. The summed E-state index contributed by atoms with van der Waals surface area (Å²) in [5.41, 5.74) is 2.44. The second-order valence-corrected chi connectivity index (χ2v) is 11.5. The van der Waals surface area contributed by atoms with Crippen LogP contribution in [-0.4, -0.2) is 33.4 Å². The van der Waals surface area contributed by atoms with Gasteiger partial charge in [-0.05, 0) is 69.6 Å². The predicted octanol–water partition coefficient (Wildman–Crippen LogP) is 7.31. The molecule has 0 unspecified atom stereocenters. The highest BCUT2D eigenvalue weighted by molar-refractivity contribution is 6.39. The fraction of sp³-hybridized carbons (Fsp3) is 0.464. The van der Waals surface area contributed by atoms with E-state index in [0.29, 0.717) is 46.3 Å². The average Bonchev–Trinajstić information content (AvgIpc) is 3.68. The van der Waals surface area contributed by atoms with Crippen LogP contribution in [0.5, 0.6) is 5.88 Å². The Balaban J connectivity index is 1.13. The maximum atomic E-state index is 11.0. The minimum absolute atomic E-state index is 0.102. The summed E-state index contributed by atoms with van der Waals surface area (Å²) in [6.07, 6.45) is 9.48. The molecular weight excluding hydrogens is 515 g/mol. The van der Waals surface area contributed by atoms with E-state index in [1.54, 1.807) is 6.07 Å². The van der Waals surface area contributed by atoms with Crippen molar-refractivity contribution in [1.29, 1.82) is 0 Å². The van der Waals surface area contributed by atoms with Crippen LogP contribution in [0.25, 0.3) is 11.3 Å². The van der Waals surface area contributed by atoms with Crippen molar-refractivity contribution in [3.05, 3.63) is 63.5 Å². The molecule has 4 aliphatic carbocycles. The van der Waals surface area contributed by atoms with Gasteiger partial charge in [0.2, 0.25) is 5.88 Å². The highest BCUT2D eigenvalue weighted by Gasteiger charge is 2.50. The molecule has 194 valence electrons. The maximum Gasteiger partial charge on any atom is 0.337 e. The molecule has 2 aromatic heterocycles. The first-order valence-corrected chi connectivity index (χ1v) is 13.5. The first kappa shape index (κ1) is 24.7. The Hall–Kier alpha value is -2.61. The van der Waals surface area contributed by atoms with Crippen LogP contribution in [0, 0.1) is 5.41 Å². The summed E-state index contributed by atoms with van der Waals surface area (Å²) in [6, 6.07) is 8.60. The zero-order valence-corrected chi connectivity index (χ0v) is 21.9. The molecule has 4 saturated carbocycles. The molecule has 0 amide bonds. The summed E-state index contributed by atoms with van der Waals surface area (Å²) in [6.45, 7) is 1.00. The van der Waals surface area contributed by atoms with Crippen molar-refractivity contribution in [3.8, 4) is 17.1 Å². The molecular formula is C28H28Cl2N2O5. The molecule has 1 aromatic carbocycles. The summed E-state index contributed by atoms with van der Waals surface area (Å²) >= 11 is 13.0. The van der Waals surface area contributed by atoms with Gasteiger partial charge in [0.15, 0.2) is 0 Å². The van der Waals surface area contributed by atoms with Crippen LogP contribution in [0.15, 0.2) is 41.1 Å². The van der Waals surface area contributed by atoms with E-state index in [1.807, 2.05) is 18.2 Å². The number of benzene rings is 1. The highest BCUT2D eigenvalue weighted by atomic mass is 35.5. The number of carboxylic acids is 1. The van der Waals surface area contributed by atoms with Crippen molar-refractivity contribution < 1.29 is 23.9 Å². The molecule has 7 nitrogen and oxygen atoms in total. The molecule has 0 radical (unpaired) electrons. The molecule has 4 aliphatic rings. The van der Waals surface area contributed by atoms with E-state index < -0.39 is 5.97 Å². The Morgan fingerprint density at radius 2 is 1.76 bits per heavy atom. The fourth-order valence-corrected chi connectivity index (χ4v) is 6.33. The van der Waals surface area contributed by atoms with Crippen molar-refractivity contribution in [2.45, 2.75) is 69.5 Å². The van der Waals surface area contributed by atoms with E-state index in [-0.39, 0.29) is 16.6 Å². The Kier molecular flexibility index (Phi) is 6.42. The van der Waals surface area contributed by atoms with E-state index in [2.05, 4.69) is 10.1 Å². The minimum Gasteiger partial charge on any atom is -0.478 e. The number of halogens is 2. The van der Waals surface area contributed by atoms with Gasteiger partial charge in [0.1, 0.15) is 11.5 Å². The van der Waals surface area contributed by atoms with Crippen LogP contribution in [0.1, 0.15) is 79.0 Å². The topological polar surface area (TPSA) is 94.7 Å². The highest BCUT2D eigenvalue weighted by Crippen LogP contribution is 2.55.